The molecule has 13 heavy (non-hydrogen) atoms. The van der Waals surface area contributed by atoms with Gasteiger partial charge >= 0.3 is 5.97 Å². The fraction of sp³-hybridized carbons (Fsp3) is 0.667. The van der Waals surface area contributed by atoms with Gasteiger partial charge in [0.05, 0.1) is 6.61 Å². The molecule has 0 rings (SSSR count). The van der Waals surface area contributed by atoms with Crippen LogP contribution in [-0.4, -0.2) is 29.2 Å². The van der Waals surface area contributed by atoms with Gasteiger partial charge in [-0.15, -0.1) is 0 Å². The Morgan fingerprint density at radius 2 is 2.08 bits per heavy atom. The van der Waals surface area contributed by atoms with Crippen LogP contribution >= 0.6 is 0 Å². The average Bonchev–Trinajstić information content (AvgIpc) is 2.11. The highest BCUT2D eigenvalue weighted by molar-refractivity contribution is 5.98. The van der Waals surface area contributed by atoms with Crippen LogP contribution in [0.25, 0.3) is 0 Å². The maximum Gasteiger partial charge on any atom is 0.333 e. The monoisotopic (exact) mass is 202 g/mol. The van der Waals surface area contributed by atoms with Crippen LogP contribution in [0, 0.1) is 5.92 Å². The molecular formula is C9H18O3Si. The minimum atomic E-state index is -0.326. The van der Waals surface area contributed by atoms with Gasteiger partial charge in [0.1, 0.15) is 10.5 Å². The van der Waals surface area contributed by atoms with Crippen molar-refractivity contribution in [1.29, 1.82) is 0 Å². The summed E-state index contributed by atoms with van der Waals surface area (Å²) in [7, 11) is 0.713. The number of carbonyl (C=O) groups excluding carboxylic acids is 1. The molecule has 2 atom stereocenters. The van der Waals surface area contributed by atoms with E-state index in [1.54, 1.807) is 6.92 Å². The SMILES string of the molecule is C=C(C)C(=O)OCC(C)C(C)O[SiH3]. The van der Waals surface area contributed by atoms with Gasteiger partial charge in [-0.3, -0.25) is 0 Å². The van der Waals surface area contributed by atoms with Crippen molar-refractivity contribution in [3.63, 3.8) is 0 Å². The smallest absolute Gasteiger partial charge is 0.333 e. The number of ether oxygens (including phenoxy) is 1. The van der Waals surface area contributed by atoms with Crippen molar-refractivity contribution < 1.29 is 14.0 Å². The lowest BCUT2D eigenvalue weighted by Gasteiger charge is -2.18. The molecule has 0 saturated carbocycles. The summed E-state index contributed by atoms with van der Waals surface area (Å²) in [5.74, 6) is -0.0896. The van der Waals surface area contributed by atoms with E-state index >= 15 is 0 Å². The van der Waals surface area contributed by atoms with Crippen LogP contribution in [0.2, 0.25) is 0 Å². The van der Waals surface area contributed by atoms with E-state index in [0.717, 1.165) is 0 Å². The molecule has 0 N–H and O–H groups in total. The molecule has 0 aliphatic rings. The Hall–Kier alpha value is -0.613. The maximum atomic E-state index is 11.0. The first kappa shape index (κ1) is 12.4. The predicted molar refractivity (Wildman–Crippen MR) is 55.4 cm³/mol. The van der Waals surface area contributed by atoms with Crippen LogP contribution in [-0.2, 0) is 14.0 Å². The molecule has 0 aromatic carbocycles. The molecule has 0 aromatic heterocycles. The summed E-state index contributed by atoms with van der Waals surface area (Å²) < 4.78 is 10.2. The van der Waals surface area contributed by atoms with Gasteiger partial charge in [-0.2, -0.15) is 0 Å². The maximum absolute atomic E-state index is 11.0. The Kier molecular flexibility index (Phi) is 5.66. The molecule has 0 aliphatic carbocycles. The third-order valence-electron chi connectivity index (χ3n) is 2.00. The summed E-state index contributed by atoms with van der Waals surface area (Å²) in [5, 5.41) is 0. The van der Waals surface area contributed by atoms with E-state index < -0.39 is 0 Å². The topological polar surface area (TPSA) is 35.5 Å². The van der Waals surface area contributed by atoms with E-state index in [2.05, 4.69) is 6.58 Å². The van der Waals surface area contributed by atoms with Crippen molar-refractivity contribution in [1.82, 2.24) is 0 Å². The summed E-state index contributed by atoms with van der Waals surface area (Å²) in [6, 6.07) is 0. The minimum Gasteiger partial charge on any atom is -0.462 e. The quantitative estimate of drug-likeness (QED) is 0.368. The third kappa shape index (κ3) is 4.85. The zero-order chi connectivity index (χ0) is 10.4. The number of rotatable bonds is 5. The molecule has 0 radical (unpaired) electrons. The molecule has 0 saturated heterocycles. The van der Waals surface area contributed by atoms with E-state index in [9.17, 15) is 4.79 Å². The van der Waals surface area contributed by atoms with Crippen LogP contribution < -0.4 is 0 Å². The second kappa shape index (κ2) is 5.94. The molecule has 4 heteroatoms. The molecule has 0 amide bonds. The highest BCUT2D eigenvalue weighted by Crippen LogP contribution is 2.06. The molecule has 0 aliphatic heterocycles. The lowest BCUT2D eigenvalue weighted by Crippen LogP contribution is -2.23. The summed E-state index contributed by atoms with van der Waals surface area (Å²) >= 11 is 0. The van der Waals surface area contributed by atoms with Crippen LogP contribution in [0.15, 0.2) is 12.2 Å². The molecule has 0 spiro atoms. The minimum absolute atomic E-state index is 0.157. The van der Waals surface area contributed by atoms with Gasteiger partial charge in [0.25, 0.3) is 0 Å². The van der Waals surface area contributed by atoms with Crippen LogP contribution in [0.4, 0.5) is 0 Å². The lowest BCUT2D eigenvalue weighted by atomic mass is 10.1. The molecule has 0 aromatic rings. The number of hydrogen-bond acceptors (Lipinski definition) is 3. The normalized spacial score (nSPS) is 15.0. The van der Waals surface area contributed by atoms with Gasteiger partial charge < -0.3 is 9.16 Å². The van der Waals surface area contributed by atoms with Crippen molar-refractivity contribution in [2.45, 2.75) is 26.9 Å². The summed E-state index contributed by atoms with van der Waals surface area (Å²) in [6.45, 7) is 9.51. The van der Waals surface area contributed by atoms with Gasteiger partial charge in [0.2, 0.25) is 0 Å². The molecular weight excluding hydrogens is 184 g/mol. The first-order valence-corrected chi connectivity index (χ1v) is 5.16. The van der Waals surface area contributed by atoms with Crippen molar-refractivity contribution in [3.8, 4) is 0 Å². The zero-order valence-electron chi connectivity index (χ0n) is 8.79. The van der Waals surface area contributed by atoms with Crippen LogP contribution in [0.1, 0.15) is 20.8 Å². The van der Waals surface area contributed by atoms with Crippen molar-refractivity contribution in [2.75, 3.05) is 6.61 Å². The molecule has 2 unspecified atom stereocenters. The first-order chi connectivity index (χ1) is 5.99. The van der Waals surface area contributed by atoms with Gasteiger partial charge in [-0.1, -0.05) is 13.5 Å². The number of carbonyl (C=O) groups is 1. The fourth-order valence-corrected chi connectivity index (χ4v) is 1.16. The summed E-state index contributed by atoms with van der Waals surface area (Å²) in [6.07, 6.45) is 0.157. The standard InChI is InChI=1S/C9H18O3Si/c1-6(2)9(10)11-5-7(3)8(4)12-13/h7-8H,1,5H2,2-4,13H3. The van der Waals surface area contributed by atoms with Gasteiger partial charge in [-0.25, -0.2) is 4.79 Å². The first-order valence-electron chi connectivity index (χ1n) is 4.34. The van der Waals surface area contributed by atoms with E-state index in [0.29, 0.717) is 22.7 Å². The van der Waals surface area contributed by atoms with Crippen molar-refractivity contribution in [2.24, 2.45) is 5.92 Å². The van der Waals surface area contributed by atoms with E-state index in [4.69, 9.17) is 9.16 Å². The lowest BCUT2D eigenvalue weighted by molar-refractivity contribution is -0.140. The van der Waals surface area contributed by atoms with Crippen LogP contribution in [0.5, 0.6) is 0 Å². The second-order valence-corrected chi connectivity index (χ2v) is 3.77. The highest BCUT2D eigenvalue weighted by atomic mass is 28.2. The predicted octanol–water partition coefficient (Wildman–Crippen LogP) is 0.427. The van der Waals surface area contributed by atoms with E-state index in [-0.39, 0.29) is 18.0 Å². The highest BCUT2D eigenvalue weighted by Gasteiger charge is 2.13. The molecule has 0 fully saturated rings. The Labute approximate surface area is 82.7 Å². The molecule has 0 bridgehead atoms. The van der Waals surface area contributed by atoms with Gasteiger partial charge in [-0.05, 0) is 13.8 Å². The molecule has 76 valence electrons. The number of esters is 1. The van der Waals surface area contributed by atoms with E-state index in [1.165, 1.54) is 0 Å². The van der Waals surface area contributed by atoms with Gasteiger partial charge in [0.15, 0.2) is 0 Å². The Morgan fingerprint density at radius 3 is 2.46 bits per heavy atom. The fourth-order valence-electron chi connectivity index (χ4n) is 0.698. The van der Waals surface area contributed by atoms with Crippen molar-refractivity contribution >= 4 is 16.5 Å². The summed E-state index contributed by atoms with van der Waals surface area (Å²) in [4.78, 5) is 11.0. The Morgan fingerprint density at radius 1 is 1.54 bits per heavy atom. The molecule has 0 heterocycles. The summed E-state index contributed by atoms with van der Waals surface area (Å²) in [5.41, 5.74) is 0.437. The largest absolute Gasteiger partial charge is 0.462 e. The van der Waals surface area contributed by atoms with Crippen molar-refractivity contribution in [3.05, 3.63) is 12.2 Å². The Bertz CT molecular complexity index is 191. The third-order valence-corrected chi connectivity index (χ3v) is 2.74. The average molecular weight is 202 g/mol. The zero-order valence-corrected chi connectivity index (χ0v) is 10.8. The molecule has 3 nitrogen and oxygen atoms in total. The van der Waals surface area contributed by atoms with Gasteiger partial charge in [0, 0.05) is 17.6 Å². The van der Waals surface area contributed by atoms with Crippen LogP contribution in [0.3, 0.4) is 0 Å². The second-order valence-electron chi connectivity index (χ2n) is 3.30. The van der Waals surface area contributed by atoms with E-state index in [1.807, 2.05) is 13.8 Å². The number of hydrogen-bond donors (Lipinski definition) is 0. The Balaban J connectivity index is 3.76.